The van der Waals surface area contributed by atoms with Gasteiger partial charge in [0.25, 0.3) is 0 Å². The third-order valence-corrected chi connectivity index (χ3v) is 3.00. The normalized spacial score (nSPS) is 9.90. The molecule has 0 amide bonds. The molecule has 0 radical (unpaired) electrons. The molecule has 0 bridgehead atoms. The van der Waals surface area contributed by atoms with Gasteiger partial charge in [0.05, 0.1) is 5.02 Å². The van der Waals surface area contributed by atoms with Crippen LogP contribution in [-0.2, 0) is 0 Å². The minimum atomic E-state index is 0.841. The van der Waals surface area contributed by atoms with Crippen LogP contribution in [0.1, 0.15) is 0 Å². The molecule has 0 saturated heterocycles. The molecular formula is C7H6ClIS. The van der Waals surface area contributed by atoms with Crippen LogP contribution >= 0.6 is 46.0 Å². The molecule has 0 fully saturated rings. The third kappa shape index (κ3) is 2.04. The highest BCUT2D eigenvalue weighted by Gasteiger charge is 1.97. The van der Waals surface area contributed by atoms with Gasteiger partial charge in [-0.2, -0.15) is 0 Å². The maximum absolute atomic E-state index is 5.87. The van der Waals surface area contributed by atoms with Crippen LogP contribution in [0.25, 0.3) is 0 Å². The lowest BCUT2D eigenvalue weighted by atomic mass is 10.4. The number of hydrogen-bond donors (Lipinski definition) is 0. The molecule has 54 valence electrons. The quantitative estimate of drug-likeness (QED) is 0.560. The van der Waals surface area contributed by atoms with Crippen LogP contribution in [0.3, 0.4) is 0 Å². The lowest BCUT2D eigenvalue weighted by Gasteiger charge is -1.98. The summed E-state index contributed by atoms with van der Waals surface area (Å²) in [5, 5.41) is 0.841. The standard InChI is InChI=1S/C7H6ClIS/c1-10-7-4-5(9)2-3-6(7)8/h2-4H,1H3. The molecule has 0 aromatic heterocycles. The zero-order valence-corrected chi connectivity index (χ0v) is 9.13. The molecular weight excluding hydrogens is 279 g/mol. The molecule has 0 unspecified atom stereocenters. The molecule has 1 aromatic carbocycles. The highest BCUT2D eigenvalue weighted by atomic mass is 127. The molecule has 1 rings (SSSR count). The van der Waals surface area contributed by atoms with Gasteiger partial charge in [0, 0.05) is 8.47 Å². The van der Waals surface area contributed by atoms with E-state index in [2.05, 4.69) is 28.7 Å². The van der Waals surface area contributed by atoms with E-state index in [1.54, 1.807) is 11.8 Å². The molecule has 0 spiro atoms. The van der Waals surface area contributed by atoms with Gasteiger partial charge in [-0.3, -0.25) is 0 Å². The van der Waals surface area contributed by atoms with Gasteiger partial charge in [-0.15, -0.1) is 11.8 Å². The summed E-state index contributed by atoms with van der Waals surface area (Å²) in [7, 11) is 0. The van der Waals surface area contributed by atoms with E-state index in [-0.39, 0.29) is 0 Å². The van der Waals surface area contributed by atoms with Gasteiger partial charge in [0.2, 0.25) is 0 Å². The Kier molecular flexibility index (Phi) is 3.33. The average Bonchev–Trinajstić information content (AvgIpc) is 1.94. The largest absolute Gasteiger partial charge is 0.128 e. The minimum absolute atomic E-state index is 0.841. The van der Waals surface area contributed by atoms with Crippen LogP contribution < -0.4 is 0 Å². The summed E-state index contributed by atoms with van der Waals surface area (Å²) in [5.41, 5.74) is 0. The molecule has 0 aliphatic rings. The van der Waals surface area contributed by atoms with Crippen molar-refractivity contribution in [2.45, 2.75) is 4.90 Å². The van der Waals surface area contributed by atoms with E-state index in [1.807, 2.05) is 18.4 Å². The Labute approximate surface area is 83.5 Å². The predicted molar refractivity (Wildman–Crippen MR) is 56.0 cm³/mol. The molecule has 10 heavy (non-hydrogen) atoms. The van der Waals surface area contributed by atoms with E-state index in [0.717, 1.165) is 9.92 Å². The highest BCUT2D eigenvalue weighted by Crippen LogP contribution is 2.26. The number of hydrogen-bond acceptors (Lipinski definition) is 1. The van der Waals surface area contributed by atoms with E-state index in [9.17, 15) is 0 Å². The Hall–Kier alpha value is 0.590. The zero-order chi connectivity index (χ0) is 7.56. The zero-order valence-electron chi connectivity index (χ0n) is 5.40. The van der Waals surface area contributed by atoms with Crippen molar-refractivity contribution < 1.29 is 0 Å². The summed E-state index contributed by atoms with van der Waals surface area (Å²) in [6.45, 7) is 0. The van der Waals surface area contributed by atoms with Crippen molar-refractivity contribution in [3.05, 3.63) is 26.8 Å². The van der Waals surface area contributed by atoms with Gasteiger partial charge in [0.15, 0.2) is 0 Å². The van der Waals surface area contributed by atoms with E-state index in [0.29, 0.717) is 0 Å². The topological polar surface area (TPSA) is 0 Å². The fourth-order valence-electron chi connectivity index (χ4n) is 0.634. The lowest BCUT2D eigenvalue weighted by molar-refractivity contribution is 1.44. The Bertz CT molecular complexity index is 237. The fourth-order valence-corrected chi connectivity index (χ4v) is 2.19. The summed E-state index contributed by atoms with van der Waals surface area (Å²) in [6, 6.07) is 6.01. The number of thioether (sulfide) groups is 1. The van der Waals surface area contributed by atoms with Crippen molar-refractivity contribution in [1.82, 2.24) is 0 Å². The van der Waals surface area contributed by atoms with Crippen LogP contribution in [0.4, 0.5) is 0 Å². The van der Waals surface area contributed by atoms with Crippen molar-refractivity contribution >= 4 is 46.0 Å². The Morgan fingerprint density at radius 2 is 2.20 bits per heavy atom. The van der Waals surface area contributed by atoms with Gasteiger partial charge in [-0.25, -0.2) is 0 Å². The number of benzene rings is 1. The Morgan fingerprint density at radius 1 is 1.50 bits per heavy atom. The van der Waals surface area contributed by atoms with Gasteiger partial charge in [-0.05, 0) is 47.0 Å². The monoisotopic (exact) mass is 284 g/mol. The van der Waals surface area contributed by atoms with Crippen molar-refractivity contribution in [1.29, 1.82) is 0 Å². The first-order valence-corrected chi connectivity index (χ1v) is 5.41. The minimum Gasteiger partial charge on any atom is -0.128 e. The predicted octanol–water partition coefficient (Wildman–Crippen LogP) is 3.67. The van der Waals surface area contributed by atoms with Crippen LogP contribution in [0, 0.1) is 3.57 Å². The molecule has 1 aromatic rings. The van der Waals surface area contributed by atoms with Crippen molar-refractivity contribution in [2.24, 2.45) is 0 Å². The highest BCUT2D eigenvalue weighted by molar-refractivity contribution is 14.1. The lowest BCUT2D eigenvalue weighted by Crippen LogP contribution is -1.74. The van der Waals surface area contributed by atoms with Gasteiger partial charge >= 0.3 is 0 Å². The summed E-state index contributed by atoms with van der Waals surface area (Å²) >= 11 is 9.82. The summed E-state index contributed by atoms with van der Waals surface area (Å²) in [6.07, 6.45) is 2.03. The summed E-state index contributed by atoms with van der Waals surface area (Å²) in [4.78, 5) is 1.15. The molecule has 3 heteroatoms. The first kappa shape index (κ1) is 8.68. The summed E-state index contributed by atoms with van der Waals surface area (Å²) < 4.78 is 1.23. The van der Waals surface area contributed by atoms with Gasteiger partial charge in [-0.1, -0.05) is 11.6 Å². The van der Waals surface area contributed by atoms with Gasteiger partial charge < -0.3 is 0 Å². The molecule has 0 atom stereocenters. The second-order valence-corrected chi connectivity index (χ2v) is 4.28. The molecule has 0 heterocycles. The first-order chi connectivity index (χ1) is 4.74. The maximum Gasteiger partial charge on any atom is 0.0542 e. The smallest absolute Gasteiger partial charge is 0.0542 e. The SMILES string of the molecule is CSc1cc(I)ccc1Cl. The van der Waals surface area contributed by atoms with Crippen LogP contribution in [0.15, 0.2) is 23.1 Å². The maximum atomic E-state index is 5.87. The Balaban J connectivity index is 3.09. The summed E-state index contributed by atoms with van der Waals surface area (Å²) in [5.74, 6) is 0. The number of halogens is 2. The van der Waals surface area contributed by atoms with E-state index in [1.165, 1.54) is 3.57 Å². The van der Waals surface area contributed by atoms with E-state index >= 15 is 0 Å². The molecule has 0 aliphatic carbocycles. The third-order valence-electron chi connectivity index (χ3n) is 1.11. The number of rotatable bonds is 1. The fraction of sp³-hybridized carbons (Fsp3) is 0.143. The molecule has 0 N–H and O–H groups in total. The average molecular weight is 285 g/mol. The van der Waals surface area contributed by atoms with Crippen molar-refractivity contribution in [3.63, 3.8) is 0 Å². The van der Waals surface area contributed by atoms with Crippen LogP contribution in [0.2, 0.25) is 5.02 Å². The second kappa shape index (κ2) is 3.83. The van der Waals surface area contributed by atoms with E-state index in [4.69, 9.17) is 11.6 Å². The van der Waals surface area contributed by atoms with Crippen LogP contribution in [-0.4, -0.2) is 6.26 Å². The molecule has 0 nitrogen and oxygen atoms in total. The van der Waals surface area contributed by atoms with Crippen molar-refractivity contribution in [3.8, 4) is 0 Å². The van der Waals surface area contributed by atoms with Crippen LogP contribution in [0.5, 0.6) is 0 Å². The second-order valence-electron chi connectivity index (χ2n) is 1.78. The van der Waals surface area contributed by atoms with E-state index < -0.39 is 0 Å². The Morgan fingerprint density at radius 3 is 2.70 bits per heavy atom. The van der Waals surface area contributed by atoms with Gasteiger partial charge in [0.1, 0.15) is 0 Å². The first-order valence-electron chi connectivity index (χ1n) is 2.73. The molecule has 0 aliphatic heterocycles. The molecule has 0 saturated carbocycles. The van der Waals surface area contributed by atoms with Crippen molar-refractivity contribution in [2.75, 3.05) is 6.26 Å².